The third-order valence-electron chi connectivity index (χ3n) is 3.01. The molecule has 5 heteroatoms. The van der Waals surface area contributed by atoms with Crippen LogP contribution >= 0.6 is 23.1 Å². The summed E-state index contributed by atoms with van der Waals surface area (Å²) in [4.78, 5) is 1.24. The number of nitrogens with zero attached hydrogens (tertiary/aromatic N) is 2. The zero-order valence-corrected chi connectivity index (χ0v) is 13.0. The summed E-state index contributed by atoms with van der Waals surface area (Å²) in [6.07, 6.45) is 0. The van der Waals surface area contributed by atoms with Gasteiger partial charge in [-0.05, 0) is 17.7 Å². The van der Waals surface area contributed by atoms with Gasteiger partial charge in [0.2, 0.25) is 0 Å². The summed E-state index contributed by atoms with van der Waals surface area (Å²) in [5, 5.41) is 10.4. The Labute approximate surface area is 132 Å². The predicted molar refractivity (Wildman–Crippen MR) is 88.4 cm³/mol. The molecule has 0 saturated heterocycles. The minimum Gasteiger partial charge on any atom is -0.318 e. The fourth-order valence-electron chi connectivity index (χ4n) is 1.92. The van der Waals surface area contributed by atoms with Gasteiger partial charge in [-0.2, -0.15) is 0 Å². The number of hydrogen-bond acceptors (Lipinski definition) is 5. The van der Waals surface area contributed by atoms with Crippen molar-refractivity contribution in [2.24, 2.45) is 5.73 Å². The Morgan fingerprint density at radius 1 is 0.952 bits per heavy atom. The summed E-state index contributed by atoms with van der Waals surface area (Å²) in [5.74, 6) is 0.823. The summed E-state index contributed by atoms with van der Waals surface area (Å²) in [6, 6.07) is 20.1. The molecule has 3 rings (SSSR count). The normalized spacial score (nSPS) is 12.2. The molecule has 21 heavy (non-hydrogen) atoms. The van der Waals surface area contributed by atoms with E-state index in [4.69, 9.17) is 5.73 Å². The smallest absolute Gasteiger partial charge is 0.138 e. The van der Waals surface area contributed by atoms with Crippen LogP contribution in [0, 0.1) is 0 Å². The molecule has 3 nitrogen and oxygen atoms in total. The van der Waals surface area contributed by atoms with Crippen LogP contribution in [0.2, 0.25) is 0 Å². The summed E-state index contributed by atoms with van der Waals surface area (Å²) >= 11 is 3.35. The van der Waals surface area contributed by atoms with Crippen LogP contribution in [-0.4, -0.2) is 10.2 Å². The monoisotopic (exact) mass is 313 g/mol. The molecule has 1 aromatic heterocycles. The Bertz CT molecular complexity index is 683. The summed E-state index contributed by atoms with van der Waals surface area (Å²) in [7, 11) is 0. The SMILES string of the molecule is NC(c1ccccc1)c1nnc(CSc2ccccc2)s1. The molecule has 1 heterocycles. The van der Waals surface area contributed by atoms with Crippen molar-refractivity contribution in [1.29, 1.82) is 0 Å². The van der Waals surface area contributed by atoms with Crippen LogP contribution < -0.4 is 5.73 Å². The number of hydrogen-bond donors (Lipinski definition) is 1. The Kier molecular flexibility index (Phi) is 4.65. The highest BCUT2D eigenvalue weighted by atomic mass is 32.2. The molecular formula is C16H15N3S2. The highest BCUT2D eigenvalue weighted by Crippen LogP contribution is 2.27. The van der Waals surface area contributed by atoms with Gasteiger partial charge < -0.3 is 5.73 Å². The Balaban J connectivity index is 1.66. The van der Waals surface area contributed by atoms with E-state index in [2.05, 4.69) is 22.3 Å². The minimum absolute atomic E-state index is 0.195. The van der Waals surface area contributed by atoms with Crippen LogP contribution in [0.5, 0.6) is 0 Å². The van der Waals surface area contributed by atoms with E-state index in [0.29, 0.717) is 0 Å². The zero-order chi connectivity index (χ0) is 14.5. The third kappa shape index (κ3) is 3.69. The predicted octanol–water partition coefficient (Wildman–Crippen LogP) is 3.88. The van der Waals surface area contributed by atoms with Gasteiger partial charge in [0.15, 0.2) is 0 Å². The lowest BCUT2D eigenvalue weighted by molar-refractivity contribution is 0.826. The molecule has 2 N–H and O–H groups in total. The van der Waals surface area contributed by atoms with Gasteiger partial charge in [-0.15, -0.1) is 22.0 Å². The van der Waals surface area contributed by atoms with Gasteiger partial charge in [0.1, 0.15) is 10.0 Å². The number of rotatable bonds is 5. The molecule has 0 fully saturated rings. The van der Waals surface area contributed by atoms with Crippen molar-refractivity contribution in [3.8, 4) is 0 Å². The maximum absolute atomic E-state index is 6.24. The van der Waals surface area contributed by atoms with Crippen molar-refractivity contribution in [3.05, 3.63) is 76.2 Å². The first-order valence-corrected chi connectivity index (χ1v) is 8.44. The second-order valence-electron chi connectivity index (χ2n) is 4.52. The largest absolute Gasteiger partial charge is 0.318 e. The van der Waals surface area contributed by atoms with Crippen molar-refractivity contribution < 1.29 is 0 Å². The lowest BCUT2D eigenvalue weighted by atomic mass is 10.1. The molecule has 106 valence electrons. The van der Waals surface area contributed by atoms with E-state index in [-0.39, 0.29) is 6.04 Å². The molecule has 0 bridgehead atoms. The highest BCUT2D eigenvalue weighted by molar-refractivity contribution is 7.98. The average Bonchev–Trinajstić information content (AvgIpc) is 3.03. The molecule has 0 aliphatic rings. The van der Waals surface area contributed by atoms with Crippen LogP contribution in [-0.2, 0) is 5.75 Å². The van der Waals surface area contributed by atoms with E-state index in [1.54, 1.807) is 23.1 Å². The molecule has 0 aliphatic heterocycles. The van der Waals surface area contributed by atoms with Gasteiger partial charge >= 0.3 is 0 Å². The van der Waals surface area contributed by atoms with Crippen LogP contribution in [0.25, 0.3) is 0 Å². The summed E-state index contributed by atoms with van der Waals surface area (Å²) in [5.41, 5.74) is 7.30. The van der Waals surface area contributed by atoms with Gasteiger partial charge in [-0.1, -0.05) is 59.9 Å². The lowest BCUT2D eigenvalue weighted by Crippen LogP contribution is -2.11. The molecule has 1 unspecified atom stereocenters. The number of thioether (sulfide) groups is 1. The molecule has 0 saturated carbocycles. The van der Waals surface area contributed by atoms with Crippen molar-refractivity contribution in [2.45, 2.75) is 16.7 Å². The van der Waals surface area contributed by atoms with Gasteiger partial charge in [-0.25, -0.2) is 0 Å². The molecular weight excluding hydrogens is 298 g/mol. The molecule has 3 aromatic rings. The average molecular weight is 313 g/mol. The maximum Gasteiger partial charge on any atom is 0.138 e. The minimum atomic E-state index is -0.195. The molecule has 2 aromatic carbocycles. The van der Waals surface area contributed by atoms with E-state index in [9.17, 15) is 0 Å². The van der Waals surface area contributed by atoms with Crippen LogP contribution in [0.1, 0.15) is 21.6 Å². The van der Waals surface area contributed by atoms with Crippen LogP contribution in [0.3, 0.4) is 0 Å². The van der Waals surface area contributed by atoms with Crippen molar-refractivity contribution in [2.75, 3.05) is 0 Å². The van der Waals surface area contributed by atoms with Crippen LogP contribution in [0.4, 0.5) is 0 Å². The van der Waals surface area contributed by atoms with Crippen molar-refractivity contribution >= 4 is 23.1 Å². The van der Waals surface area contributed by atoms with Crippen LogP contribution in [0.15, 0.2) is 65.6 Å². The molecule has 0 radical (unpaired) electrons. The van der Waals surface area contributed by atoms with Crippen molar-refractivity contribution in [1.82, 2.24) is 10.2 Å². The molecule has 0 amide bonds. The number of benzene rings is 2. The van der Waals surface area contributed by atoms with Gasteiger partial charge in [0.25, 0.3) is 0 Å². The molecule has 1 atom stereocenters. The first-order valence-electron chi connectivity index (χ1n) is 6.63. The van der Waals surface area contributed by atoms with Crippen molar-refractivity contribution in [3.63, 3.8) is 0 Å². The quantitative estimate of drug-likeness (QED) is 0.726. The van der Waals surface area contributed by atoms with Gasteiger partial charge in [0.05, 0.1) is 11.8 Å². The highest BCUT2D eigenvalue weighted by Gasteiger charge is 2.14. The Morgan fingerprint density at radius 3 is 2.33 bits per heavy atom. The Hall–Kier alpha value is -1.69. The first kappa shape index (κ1) is 14.3. The maximum atomic E-state index is 6.24. The standard InChI is InChI=1S/C16H15N3S2/c17-15(12-7-3-1-4-8-12)16-19-18-14(21-16)11-20-13-9-5-2-6-10-13/h1-10,15H,11,17H2. The fraction of sp³-hybridized carbons (Fsp3) is 0.125. The van der Waals surface area contributed by atoms with E-state index < -0.39 is 0 Å². The molecule has 0 aliphatic carbocycles. The second kappa shape index (κ2) is 6.85. The van der Waals surface area contributed by atoms with E-state index in [1.807, 2.05) is 48.5 Å². The fourth-order valence-corrected chi connectivity index (χ4v) is 3.69. The second-order valence-corrected chi connectivity index (χ2v) is 6.67. The van der Waals surface area contributed by atoms with Gasteiger partial charge in [-0.3, -0.25) is 0 Å². The summed E-state index contributed by atoms with van der Waals surface area (Å²) < 4.78 is 0. The first-order chi connectivity index (χ1) is 10.3. The van der Waals surface area contributed by atoms with E-state index in [1.165, 1.54) is 4.90 Å². The molecule has 0 spiro atoms. The Morgan fingerprint density at radius 2 is 1.62 bits per heavy atom. The van der Waals surface area contributed by atoms with E-state index in [0.717, 1.165) is 21.3 Å². The zero-order valence-electron chi connectivity index (χ0n) is 11.3. The topological polar surface area (TPSA) is 51.8 Å². The lowest BCUT2D eigenvalue weighted by Gasteiger charge is -2.06. The van der Waals surface area contributed by atoms with E-state index >= 15 is 0 Å². The number of aromatic nitrogens is 2. The third-order valence-corrected chi connectivity index (χ3v) is 5.23. The summed E-state index contributed by atoms with van der Waals surface area (Å²) in [6.45, 7) is 0. The van der Waals surface area contributed by atoms with Gasteiger partial charge in [0, 0.05) is 4.90 Å². The number of nitrogens with two attached hydrogens (primary N) is 1.